The highest BCUT2D eigenvalue weighted by Crippen LogP contribution is 2.36. The summed E-state index contributed by atoms with van der Waals surface area (Å²) in [5.41, 5.74) is 9.65. The Bertz CT molecular complexity index is 1360. The van der Waals surface area contributed by atoms with Crippen LogP contribution < -0.4 is 15.1 Å². The van der Waals surface area contributed by atoms with E-state index in [1.54, 1.807) is 7.11 Å². The number of imidazole rings is 1. The highest BCUT2D eigenvalue weighted by Gasteiger charge is 2.32. The first-order chi connectivity index (χ1) is 17.3. The Hall–Kier alpha value is -3.99. The lowest BCUT2D eigenvalue weighted by Gasteiger charge is -2.38. The summed E-state index contributed by atoms with van der Waals surface area (Å²) in [6.45, 7) is 8.45. The second-order valence-corrected chi connectivity index (χ2v) is 10.0. The summed E-state index contributed by atoms with van der Waals surface area (Å²) in [6, 6.07) is 10.8. The lowest BCUT2D eigenvalue weighted by atomic mass is 9.82. The van der Waals surface area contributed by atoms with Gasteiger partial charge in [0.05, 0.1) is 42.7 Å². The van der Waals surface area contributed by atoms with Crippen molar-refractivity contribution >= 4 is 17.6 Å². The number of benzene rings is 1. The molecule has 0 bridgehead atoms. The minimum Gasteiger partial charge on any atom is -0.494 e. The van der Waals surface area contributed by atoms with E-state index in [0.29, 0.717) is 6.54 Å². The van der Waals surface area contributed by atoms with E-state index < -0.39 is 0 Å². The number of aryl methyl sites for hydroxylation is 2. The number of anilines is 2. The fraction of sp³-hybridized carbons (Fsp3) is 0.393. The van der Waals surface area contributed by atoms with Crippen LogP contribution in [0.4, 0.5) is 11.5 Å². The summed E-state index contributed by atoms with van der Waals surface area (Å²) < 4.78 is 7.81. The largest absolute Gasteiger partial charge is 0.494 e. The van der Waals surface area contributed by atoms with Gasteiger partial charge in [-0.05, 0) is 63.5 Å². The summed E-state index contributed by atoms with van der Waals surface area (Å²) in [5, 5.41) is 11.6. The van der Waals surface area contributed by atoms with E-state index >= 15 is 0 Å². The molecule has 3 aromatic rings. The monoisotopic (exact) mass is 483 g/mol. The molecule has 8 heteroatoms. The third kappa shape index (κ3) is 4.37. The number of pyridine rings is 1. The van der Waals surface area contributed by atoms with E-state index in [-0.39, 0.29) is 5.41 Å². The van der Waals surface area contributed by atoms with Crippen LogP contribution in [0, 0.1) is 30.6 Å². The van der Waals surface area contributed by atoms with E-state index in [4.69, 9.17) is 9.72 Å². The first-order valence-electron chi connectivity index (χ1n) is 12.4. The minimum absolute atomic E-state index is 0.245. The van der Waals surface area contributed by atoms with Crippen LogP contribution in [0.5, 0.6) is 5.75 Å². The van der Waals surface area contributed by atoms with Crippen molar-refractivity contribution in [2.75, 3.05) is 30.5 Å². The van der Waals surface area contributed by atoms with Crippen molar-refractivity contribution < 1.29 is 4.74 Å². The molecule has 2 aliphatic rings. The molecule has 0 amide bonds. The zero-order chi connectivity index (χ0) is 25.4. The predicted octanol–water partition coefficient (Wildman–Crippen LogP) is 5.05. The van der Waals surface area contributed by atoms with Crippen LogP contribution >= 0.6 is 0 Å². The summed E-state index contributed by atoms with van der Waals surface area (Å²) in [7, 11) is 3.71. The van der Waals surface area contributed by atoms with E-state index in [2.05, 4.69) is 62.3 Å². The van der Waals surface area contributed by atoms with Crippen molar-refractivity contribution in [3.05, 3.63) is 59.3 Å². The van der Waals surface area contributed by atoms with Gasteiger partial charge >= 0.3 is 0 Å². The molecule has 8 nitrogen and oxygen atoms in total. The van der Waals surface area contributed by atoms with Crippen molar-refractivity contribution in [3.8, 4) is 23.1 Å². The quantitative estimate of drug-likeness (QED) is 0.544. The molecule has 1 N–H and O–H groups in total. The van der Waals surface area contributed by atoms with Crippen LogP contribution in [0.2, 0.25) is 0 Å². The van der Waals surface area contributed by atoms with Crippen molar-refractivity contribution in [1.82, 2.24) is 19.5 Å². The first kappa shape index (κ1) is 23.7. The Kier molecular flexibility index (Phi) is 6.09. The second-order valence-electron chi connectivity index (χ2n) is 10.0. The Morgan fingerprint density at radius 2 is 1.94 bits per heavy atom. The fourth-order valence-corrected chi connectivity index (χ4v) is 4.94. The van der Waals surface area contributed by atoms with Gasteiger partial charge in [0.1, 0.15) is 17.4 Å². The maximum atomic E-state index is 9.53. The van der Waals surface area contributed by atoms with E-state index in [1.165, 1.54) is 11.1 Å². The van der Waals surface area contributed by atoms with Crippen molar-refractivity contribution in [1.29, 1.82) is 5.26 Å². The number of hydrogen-bond acceptors (Lipinski definition) is 7. The van der Waals surface area contributed by atoms with Gasteiger partial charge in [-0.25, -0.2) is 9.97 Å². The molecule has 0 aliphatic carbocycles. The normalized spacial score (nSPS) is 16.4. The number of fused-ring (bicyclic) bond motifs is 1. The minimum atomic E-state index is -0.245. The Morgan fingerprint density at radius 3 is 2.61 bits per heavy atom. The summed E-state index contributed by atoms with van der Waals surface area (Å²) in [6.07, 6.45) is 7.79. The van der Waals surface area contributed by atoms with Gasteiger partial charge in [0.15, 0.2) is 0 Å². The molecule has 5 rings (SSSR count). The number of nitriles is 1. The molecule has 0 unspecified atom stereocenters. The van der Waals surface area contributed by atoms with Crippen LogP contribution in [-0.2, 0) is 13.6 Å². The lowest BCUT2D eigenvalue weighted by Crippen LogP contribution is -2.40. The number of rotatable bonds is 5. The zero-order valence-electron chi connectivity index (χ0n) is 21.7. The Labute approximate surface area is 212 Å². The molecule has 1 saturated heterocycles. The predicted molar refractivity (Wildman–Crippen MR) is 142 cm³/mol. The molecule has 0 saturated carbocycles. The average molecular weight is 484 g/mol. The van der Waals surface area contributed by atoms with Gasteiger partial charge in [0.25, 0.3) is 0 Å². The average Bonchev–Trinajstić information content (AvgIpc) is 3.22. The number of piperidine rings is 1. The number of methoxy groups -OCH3 is 1. The van der Waals surface area contributed by atoms with Gasteiger partial charge in [-0.3, -0.25) is 10.4 Å². The third-order valence-electron chi connectivity index (χ3n) is 7.45. The molecule has 2 aliphatic heterocycles. The number of nitrogens with zero attached hydrogens (tertiary/aromatic N) is 6. The number of aromatic nitrogens is 3. The number of hydrogen-bond donors (Lipinski definition) is 1. The molecule has 0 spiro atoms. The van der Waals surface area contributed by atoms with Crippen LogP contribution in [0.15, 0.2) is 36.7 Å². The molecule has 0 radical (unpaired) electrons. The number of nitrogens with one attached hydrogen (secondary N) is 1. The molecule has 1 fully saturated rings. The fourth-order valence-electron chi connectivity index (χ4n) is 4.94. The van der Waals surface area contributed by atoms with Crippen LogP contribution in [-0.4, -0.2) is 39.7 Å². The summed E-state index contributed by atoms with van der Waals surface area (Å²) in [4.78, 5) is 11.7. The Balaban J connectivity index is 1.38. The molecular formula is C28H33N7O. The third-order valence-corrected chi connectivity index (χ3v) is 7.45. The van der Waals surface area contributed by atoms with E-state index in [9.17, 15) is 5.26 Å². The van der Waals surface area contributed by atoms with E-state index in [0.717, 1.165) is 66.0 Å². The van der Waals surface area contributed by atoms with Gasteiger partial charge in [0, 0.05) is 43.2 Å². The van der Waals surface area contributed by atoms with Gasteiger partial charge in [0.2, 0.25) is 0 Å². The summed E-state index contributed by atoms with van der Waals surface area (Å²) in [5.74, 6) is 2.75. The van der Waals surface area contributed by atoms with Crippen molar-refractivity contribution in [3.63, 3.8) is 0 Å². The van der Waals surface area contributed by atoms with Crippen LogP contribution in [0.1, 0.15) is 42.4 Å². The van der Waals surface area contributed by atoms with Crippen LogP contribution in [0.25, 0.3) is 17.3 Å². The zero-order valence-corrected chi connectivity index (χ0v) is 21.7. The molecule has 186 valence electrons. The maximum Gasteiger partial charge on any atom is 0.144 e. The maximum absolute atomic E-state index is 9.53. The molecule has 0 atom stereocenters. The first-order valence-corrected chi connectivity index (χ1v) is 12.4. The lowest BCUT2D eigenvalue weighted by molar-refractivity contribution is 0.335. The standard InChI is InChI=1S/C28H33N7O/c1-19-14-21-8-11-35(17-23(21)27(31-19)34-12-9-28(3,18-29)10-13-34)32-24-7-6-22(15-26(24)36-5)25-16-30-20(2)33(25)4/h6-8,11,14-16,32H,9-10,12-13,17H2,1-5H3. The number of hydrazine groups is 1. The van der Waals surface area contributed by atoms with Crippen LogP contribution in [0.3, 0.4) is 0 Å². The molecule has 4 heterocycles. The molecular weight excluding hydrogens is 450 g/mol. The van der Waals surface area contributed by atoms with Gasteiger partial charge in [-0.1, -0.05) is 6.07 Å². The van der Waals surface area contributed by atoms with E-state index in [1.807, 2.05) is 39.2 Å². The van der Waals surface area contributed by atoms with Gasteiger partial charge in [-0.15, -0.1) is 0 Å². The smallest absolute Gasteiger partial charge is 0.144 e. The van der Waals surface area contributed by atoms with Gasteiger partial charge in [-0.2, -0.15) is 5.26 Å². The van der Waals surface area contributed by atoms with Crippen molar-refractivity contribution in [2.45, 2.75) is 40.2 Å². The van der Waals surface area contributed by atoms with Crippen molar-refractivity contribution in [2.24, 2.45) is 12.5 Å². The molecule has 2 aromatic heterocycles. The molecule has 1 aromatic carbocycles. The highest BCUT2D eigenvalue weighted by molar-refractivity contribution is 5.70. The topological polar surface area (TPSA) is 82.2 Å². The second kappa shape index (κ2) is 9.23. The summed E-state index contributed by atoms with van der Waals surface area (Å²) >= 11 is 0. The SMILES string of the molecule is COc1cc(-c2cnc(C)n2C)ccc1NN1C=Cc2cc(C)nc(N3CCC(C)(C#N)CC3)c2C1. The molecule has 36 heavy (non-hydrogen) atoms. The Morgan fingerprint density at radius 1 is 1.17 bits per heavy atom. The highest BCUT2D eigenvalue weighted by atomic mass is 16.5. The number of ether oxygens (including phenoxy) is 1. The van der Waals surface area contributed by atoms with Gasteiger partial charge < -0.3 is 14.2 Å².